The molecule has 0 saturated carbocycles. The van der Waals surface area contributed by atoms with Crippen LogP contribution >= 0.6 is 0 Å². The van der Waals surface area contributed by atoms with Crippen LogP contribution in [0.4, 0.5) is 26.3 Å². The summed E-state index contributed by atoms with van der Waals surface area (Å²) in [7, 11) is 0. The van der Waals surface area contributed by atoms with E-state index in [1.165, 1.54) is 0 Å². The van der Waals surface area contributed by atoms with Gasteiger partial charge in [-0.1, -0.05) is 27.2 Å². The zero-order valence-electron chi connectivity index (χ0n) is 11.7. The highest BCUT2D eigenvalue weighted by molar-refractivity contribution is 4.78. The van der Waals surface area contributed by atoms with E-state index in [1.54, 1.807) is 6.92 Å². The molecule has 0 aliphatic heterocycles. The van der Waals surface area contributed by atoms with Crippen molar-refractivity contribution >= 4 is 0 Å². The Labute approximate surface area is 114 Å². The molecule has 2 nitrogen and oxygen atoms in total. The number of ether oxygens (including phenoxy) is 1. The number of hydrogen-bond acceptors (Lipinski definition) is 2. The standard InChI is InChI=1S/C12H21F6NO/c1-4-5-9(7-19-6-8(2)3)20-10(11(13,14)15)12(16,17)18/h8-10,19H,4-7H2,1-3H3. The Morgan fingerprint density at radius 1 is 0.950 bits per heavy atom. The maximum Gasteiger partial charge on any atom is 0.423 e. The molecule has 0 saturated heterocycles. The highest BCUT2D eigenvalue weighted by Gasteiger charge is 2.58. The summed E-state index contributed by atoms with van der Waals surface area (Å²) in [5, 5.41) is 2.82. The molecule has 8 heteroatoms. The van der Waals surface area contributed by atoms with Gasteiger partial charge >= 0.3 is 12.4 Å². The fourth-order valence-corrected chi connectivity index (χ4v) is 1.61. The molecule has 0 bridgehead atoms. The molecule has 0 aromatic rings. The Hall–Kier alpha value is -0.500. The van der Waals surface area contributed by atoms with E-state index in [2.05, 4.69) is 10.1 Å². The molecule has 0 rings (SSSR count). The van der Waals surface area contributed by atoms with Gasteiger partial charge in [0.2, 0.25) is 6.10 Å². The minimum absolute atomic E-state index is 0.0331. The second kappa shape index (κ2) is 8.07. The third-order valence-corrected chi connectivity index (χ3v) is 2.46. The Balaban J connectivity index is 4.66. The predicted octanol–water partition coefficient (Wildman–Crippen LogP) is 3.91. The zero-order valence-corrected chi connectivity index (χ0v) is 11.7. The minimum atomic E-state index is -5.46. The molecule has 0 aliphatic carbocycles. The quantitative estimate of drug-likeness (QED) is 0.686. The van der Waals surface area contributed by atoms with Crippen LogP contribution in [0.1, 0.15) is 33.6 Å². The largest absolute Gasteiger partial charge is 0.423 e. The molecule has 122 valence electrons. The second-order valence-corrected chi connectivity index (χ2v) is 5.06. The van der Waals surface area contributed by atoms with Crippen LogP contribution in [-0.4, -0.2) is 37.7 Å². The summed E-state index contributed by atoms with van der Waals surface area (Å²) < 4.78 is 78.7. The summed E-state index contributed by atoms with van der Waals surface area (Å²) in [6.07, 6.45) is -15.2. The SMILES string of the molecule is CCCC(CNCC(C)C)OC(C(F)(F)F)C(F)(F)F. The smallest absolute Gasteiger partial charge is 0.356 e. The van der Waals surface area contributed by atoms with E-state index >= 15 is 0 Å². The molecule has 0 amide bonds. The average molecular weight is 309 g/mol. The van der Waals surface area contributed by atoms with E-state index in [4.69, 9.17) is 0 Å². The van der Waals surface area contributed by atoms with Crippen LogP contribution in [0.5, 0.6) is 0 Å². The molecule has 0 spiro atoms. The maximum atomic E-state index is 12.4. The van der Waals surface area contributed by atoms with Crippen LogP contribution in [0.15, 0.2) is 0 Å². The van der Waals surface area contributed by atoms with E-state index in [1.807, 2.05) is 13.8 Å². The normalized spacial score (nSPS) is 15.2. The average Bonchev–Trinajstić information content (AvgIpc) is 2.21. The maximum absolute atomic E-state index is 12.4. The molecule has 1 unspecified atom stereocenters. The van der Waals surface area contributed by atoms with E-state index in [0.717, 1.165) is 0 Å². The molecular formula is C12H21F6NO. The van der Waals surface area contributed by atoms with Crippen LogP contribution in [0.25, 0.3) is 0 Å². The van der Waals surface area contributed by atoms with Crippen molar-refractivity contribution < 1.29 is 31.1 Å². The first-order valence-corrected chi connectivity index (χ1v) is 6.48. The van der Waals surface area contributed by atoms with Crippen molar-refractivity contribution in [2.24, 2.45) is 5.92 Å². The molecule has 0 radical (unpaired) electrons. The van der Waals surface area contributed by atoms with Crippen LogP contribution in [0.3, 0.4) is 0 Å². The Kier molecular flexibility index (Phi) is 7.87. The van der Waals surface area contributed by atoms with Crippen LogP contribution < -0.4 is 5.32 Å². The molecule has 0 aromatic heterocycles. The summed E-state index contributed by atoms with van der Waals surface area (Å²) >= 11 is 0. The fourth-order valence-electron chi connectivity index (χ4n) is 1.61. The Morgan fingerprint density at radius 3 is 1.80 bits per heavy atom. The van der Waals surface area contributed by atoms with Crippen molar-refractivity contribution in [2.75, 3.05) is 13.1 Å². The summed E-state index contributed by atoms with van der Waals surface area (Å²) in [5.74, 6) is 0.248. The molecule has 20 heavy (non-hydrogen) atoms. The topological polar surface area (TPSA) is 21.3 Å². The predicted molar refractivity (Wildman–Crippen MR) is 63.4 cm³/mol. The van der Waals surface area contributed by atoms with Crippen molar-refractivity contribution in [1.29, 1.82) is 0 Å². The number of alkyl halides is 6. The lowest BCUT2D eigenvalue weighted by molar-refractivity contribution is -0.330. The Morgan fingerprint density at radius 2 is 1.45 bits per heavy atom. The lowest BCUT2D eigenvalue weighted by Crippen LogP contribution is -2.48. The molecule has 0 heterocycles. The Bertz CT molecular complexity index is 250. The van der Waals surface area contributed by atoms with E-state index in [0.29, 0.717) is 13.0 Å². The lowest BCUT2D eigenvalue weighted by atomic mass is 10.1. The summed E-state index contributed by atoms with van der Waals surface area (Å²) in [6.45, 7) is 5.92. The van der Waals surface area contributed by atoms with Crippen LogP contribution in [-0.2, 0) is 4.74 Å². The first-order valence-electron chi connectivity index (χ1n) is 6.48. The molecule has 0 aromatic carbocycles. The highest BCUT2D eigenvalue weighted by Crippen LogP contribution is 2.36. The van der Waals surface area contributed by atoms with Crippen molar-refractivity contribution in [3.63, 3.8) is 0 Å². The number of halogens is 6. The zero-order chi connectivity index (χ0) is 16.0. The number of hydrogen-bond donors (Lipinski definition) is 1. The summed E-state index contributed by atoms with van der Waals surface area (Å²) in [6, 6.07) is 0. The van der Waals surface area contributed by atoms with E-state index in [9.17, 15) is 26.3 Å². The first kappa shape index (κ1) is 19.5. The molecule has 1 N–H and O–H groups in total. The van der Waals surface area contributed by atoms with Gasteiger partial charge in [-0.3, -0.25) is 0 Å². The van der Waals surface area contributed by atoms with Gasteiger partial charge in [0.15, 0.2) is 0 Å². The third-order valence-electron chi connectivity index (χ3n) is 2.46. The van der Waals surface area contributed by atoms with E-state index < -0.39 is 24.6 Å². The molecular weight excluding hydrogens is 288 g/mol. The van der Waals surface area contributed by atoms with Crippen molar-refractivity contribution in [2.45, 2.75) is 58.2 Å². The van der Waals surface area contributed by atoms with Gasteiger partial charge in [-0.25, -0.2) is 0 Å². The van der Waals surface area contributed by atoms with Crippen molar-refractivity contribution in [1.82, 2.24) is 5.32 Å². The summed E-state index contributed by atoms with van der Waals surface area (Å²) in [4.78, 5) is 0. The highest BCUT2D eigenvalue weighted by atomic mass is 19.4. The number of nitrogens with one attached hydrogen (secondary N) is 1. The van der Waals surface area contributed by atoms with Crippen molar-refractivity contribution in [3.05, 3.63) is 0 Å². The molecule has 1 atom stereocenters. The van der Waals surface area contributed by atoms with Gasteiger partial charge in [0, 0.05) is 6.54 Å². The van der Waals surface area contributed by atoms with Gasteiger partial charge in [0.1, 0.15) is 0 Å². The molecule has 0 aliphatic rings. The van der Waals surface area contributed by atoms with Gasteiger partial charge in [0.25, 0.3) is 0 Å². The number of rotatable bonds is 8. The second-order valence-electron chi connectivity index (χ2n) is 5.06. The van der Waals surface area contributed by atoms with Crippen LogP contribution in [0.2, 0.25) is 0 Å². The van der Waals surface area contributed by atoms with Gasteiger partial charge in [-0.2, -0.15) is 26.3 Å². The van der Waals surface area contributed by atoms with Crippen LogP contribution in [0, 0.1) is 5.92 Å². The van der Waals surface area contributed by atoms with Crippen molar-refractivity contribution in [3.8, 4) is 0 Å². The third kappa shape index (κ3) is 7.94. The van der Waals surface area contributed by atoms with Gasteiger partial charge in [-0.15, -0.1) is 0 Å². The summed E-state index contributed by atoms with van der Waals surface area (Å²) in [5.41, 5.74) is 0. The molecule has 0 fully saturated rings. The van der Waals surface area contributed by atoms with Gasteiger partial charge in [0.05, 0.1) is 6.10 Å². The minimum Gasteiger partial charge on any atom is -0.356 e. The van der Waals surface area contributed by atoms with Gasteiger partial charge < -0.3 is 10.1 Å². The monoisotopic (exact) mass is 309 g/mol. The first-order chi connectivity index (χ1) is 8.98. The van der Waals surface area contributed by atoms with E-state index in [-0.39, 0.29) is 18.9 Å². The lowest BCUT2D eigenvalue weighted by Gasteiger charge is -2.28. The fraction of sp³-hybridized carbons (Fsp3) is 1.00. The van der Waals surface area contributed by atoms with Gasteiger partial charge in [-0.05, 0) is 18.9 Å².